The van der Waals surface area contributed by atoms with Crippen molar-refractivity contribution in [3.05, 3.63) is 71.8 Å². The molecule has 168 valence electrons. The Morgan fingerprint density at radius 3 is 2.62 bits per heavy atom. The van der Waals surface area contributed by atoms with Gasteiger partial charge in [0, 0.05) is 23.5 Å². The highest BCUT2D eigenvalue weighted by Crippen LogP contribution is 2.26. The lowest BCUT2D eigenvalue weighted by Gasteiger charge is -2.31. The molecule has 0 aromatic heterocycles. The maximum absolute atomic E-state index is 12.9. The van der Waals surface area contributed by atoms with Crippen LogP contribution in [-0.4, -0.2) is 44.9 Å². The quantitative estimate of drug-likeness (QED) is 0.525. The summed E-state index contributed by atoms with van der Waals surface area (Å²) in [7, 11) is -3.66. The number of amides is 1. The number of ether oxygens (including phenoxy) is 1. The van der Waals surface area contributed by atoms with Gasteiger partial charge in [0.25, 0.3) is 0 Å². The molecule has 1 fully saturated rings. The van der Waals surface area contributed by atoms with E-state index in [2.05, 4.69) is 5.32 Å². The topological polar surface area (TPSA) is 75.7 Å². The smallest absolute Gasteiger partial charge is 0.243 e. The molecule has 1 aliphatic heterocycles. The third-order valence-corrected chi connectivity index (χ3v) is 7.75. The lowest BCUT2D eigenvalue weighted by atomic mass is 9.99. The van der Waals surface area contributed by atoms with E-state index in [4.69, 9.17) is 16.3 Å². The molecule has 32 heavy (non-hydrogen) atoms. The van der Waals surface area contributed by atoms with Gasteiger partial charge in [0.1, 0.15) is 12.4 Å². The SMILES string of the molecule is O=C(NCCOc1cccc2ccccc12)C1CCCN(S(=O)(=O)c2ccc(Cl)cc2)C1. The monoisotopic (exact) mass is 472 g/mol. The molecule has 1 amide bonds. The first-order chi connectivity index (χ1) is 15.4. The highest BCUT2D eigenvalue weighted by molar-refractivity contribution is 7.89. The summed E-state index contributed by atoms with van der Waals surface area (Å²) in [5.41, 5.74) is 0. The Morgan fingerprint density at radius 1 is 1.06 bits per heavy atom. The fraction of sp³-hybridized carbons (Fsp3) is 0.292. The number of rotatable bonds is 7. The first kappa shape index (κ1) is 22.6. The Balaban J connectivity index is 1.31. The first-order valence-electron chi connectivity index (χ1n) is 10.6. The van der Waals surface area contributed by atoms with Gasteiger partial charge in [-0.3, -0.25) is 4.79 Å². The van der Waals surface area contributed by atoms with E-state index < -0.39 is 10.0 Å². The largest absolute Gasteiger partial charge is 0.491 e. The molecule has 8 heteroatoms. The first-order valence-corrected chi connectivity index (χ1v) is 12.4. The van der Waals surface area contributed by atoms with Crippen molar-refractivity contribution in [2.24, 2.45) is 5.92 Å². The molecule has 1 N–H and O–H groups in total. The van der Waals surface area contributed by atoms with E-state index in [1.54, 1.807) is 12.1 Å². The lowest BCUT2D eigenvalue weighted by molar-refractivity contribution is -0.126. The number of sulfonamides is 1. The number of carbonyl (C=O) groups excluding carboxylic acids is 1. The van der Waals surface area contributed by atoms with Crippen molar-refractivity contribution in [1.82, 2.24) is 9.62 Å². The molecule has 0 saturated carbocycles. The Labute approximate surface area is 193 Å². The molecule has 1 atom stereocenters. The fourth-order valence-electron chi connectivity index (χ4n) is 3.93. The van der Waals surface area contributed by atoms with Crippen molar-refractivity contribution in [3.8, 4) is 5.75 Å². The molecule has 1 saturated heterocycles. The molecule has 6 nitrogen and oxygen atoms in total. The number of nitrogens with one attached hydrogen (secondary N) is 1. The van der Waals surface area contributed by atoms with Crippen LogP contribution in [0.5, 0.6) is 5.75 Å². The zero-order valence-corrected chi connectivity index (χ0v) is 19.1. The number of piperidine rings is 1. The van der Waals surface area contributed by atoms with Crippen LogP contribution < -0.4 is 10.1 Å². The fourth-order valence-corrected chi connectivity index (χ4v) is 5.58. The van der Waals surface area contributed by atoms with E-state index in [0.29, 0.717) is 37.6 Å². The molecule has 0 bridgehead atoms. The van der Waals surface area contributed by atoms with E-state index in [-0.39, 0.29) is 23.3 Å². The average Bonchev–Trinajstić information content (AvgIpc) is 2.82. The van der Waals surface area contributed by atoms with Gasteiger partial charge in [-0.2, -0.15) is 4.31 Å². The van der Waals surface area contributed by atoms with Crippen LogP contribution in [0.4, 0.5) is 0 Å². The van der Waals surface area contributed by atoms with Crippen LogP contribution in [0.15, 0.2) is 71.6 Å². The highest BCUT2D eigenvalue weighted by atomic mass is 35.5. The van der Waals surface area contributed by atoms with Gasteiger partial charge in [-0.25, -0.2) is 8.42 Å². The molecule has 0 spiro atoms. The second-order valence-corrected chi connectivity index (χ2v) is 10.1. The third kappa shape index (κ3) is 5.06. The van der Waals surface area contributed by atoms with Crippen LogP contribution in [0.2, 0.25) is 5.02 Å². The predicted octanol–water partition coefficient (Wildman–Crippen LogP) is 4.09. The van der Waals surface area contributed by atoms with Crippen LogP contribution >= 0.6 is 11.6 Å². The Hall–Kier alpha value is -2.61. The molecule has 3 aromatic rings. The summed E-state index contributed by atoms with van der Waals surface area (Å²) in [4.78, 5) is 12.9. The molecular weight excluding hydrogens is 448 g/mol. The molecule has 0 radical (unpaired) electrons. The Morgan fingerprint density at radius 2 is 1.81 bits per heavy atom. The Kier molecular flexibility index (Phi) is 6.98. The summed E-state index contributed by atoms with van der Waals surface area (Å²) in [5, 5.41) is 5.48. The van der Waals surface area contributed by atoms with Crippen LogP contribution in [0.1, 0.15) is 12.8 Å². The normalized spacial score (nSPS) is 17.2. The van der Waals surface area contributed by atoms with Crippen LogP contribution in [-0.2, 0) is 14.8 Å². The van der Waals surface area contributed by atoms with E-state index in [0.717, 1.165) is 16.5 Å². The van der Waals surface area contributed by atoms with E-state index in [1.807, 2.05) is 42.5 Å². The molecule has 0 aliphatic carbocycles. The van der Waals surface area contributed by atoms with Gasteiger partial charge in [-0.1, -0.05) is 48.0 Å². The molecule has 1 heterocycles. The average molecular weight is 473 g/mol. The summed E-state index contributed by atoms with van der Waals surface area (Å²) in [6.45, 7) is 1.25. The van der Waals surface area contributed by atoms with Crippen molar-refractivity contribution in [2.45, 2.75) is 17.7 Å². The third-order valence-electron chi connectivity index (χ3n) is 5.61. The second kappa shape index (κ2) is 9.90. The van der Waals surface area contributed by atoms with Gasteiger partial charge >= 0.3 is 0 Å². The van der Waals surface area contributed by atoms with Crippen molar-refractivity contribution in [1.29, 1.82) is 0 Å². The minimum atomic E-state index is -3.66. The number of hydrogen-bond donors (Lipinski definition) is 1. The van der Waals surface area contributed by atoms with Crippen molar-refractivity contribution >= 4 is 38.3 Å². The van der Waals surface area contributed by atoms with Gasteiger partial charge in [0.2, 0.25) is 15.9 Å². The van der Waals surface area contributed by atoms with E-state index >= 15 is 0 Å². The lowest BCUT2D eigenvalue weighted by Crippen LogP contribution is -2.45. The standard InChI is InChI=1S/C24H25ClN2O4S/c25-20-10-12-21(13-11-20)32(29,30)27-15-4-7-19(17-27)24(28)26-14-16-31-23-9-3-6-18-5-1-2-8-22(18)23/h1-3,5-6,8-13,19H,4,7,14-17H2,(H,26,28). The van der Waals surface area contributed by atoms with Crippen molar-refractivity contribution < 1.29 is 17.9 Å². The molecule has 4 rings (SSSR count). The zero-order valence-electron chi connectivity index (χ0n) is 17.5. The summed E-state index contributed by atoms with van der Waals surface area (Å²) in [5.74, 6) is 0.237. The maximum Gasteiger partial charge on any atom is 0.243 e. The van der Waals surface area contributed by atoms with Crippen LogP contribution in [0.3, 0.4) is 0 Å². The number of fused-ring (bicyclic) bond motifs is 1. The van der Waals surface area contributed by atoms with Crippen LogP contribution in [0, 0.1) is 5.92 Å². The minimum absolute atomic E-state index is 0.150. The number of halogens is 1. The second-order valence-electron chi connectivity index (χ2n) is 7.77. The Bertz CT molecular complexity index is 1190. The van der Waals surface area contributed by atoms with E-state index in [9.17, 15) is 13.2 Å². The summed E-state index contributed by atoms with van der Waals surface area (Å²) in [6.07, 6.45) is 1.29. The van der Waals surface area contributed by atoms with Gasteiger partial charge in [-0.15, -0.1) is 0 Å². The predicted molar refractivity (Wildman–Crippen MR) is 125 cm³/mol. The maximum atomic E-state index is 12.9. The van der Waals surface area contributed by atoms with Gasteiger partial charge in [-0.05, 0) is 48.6 Å². The van der Waals surface area contributed by atoms with Gasteiger partial charge in [0.05, 0.1) is 17.4 Å². The van der Waals surface area contributed by atoms with E-state index in [1.165, 1.54) is 16.4 Å². The zero-order chi connectivity index (χ0) is 22.6. The van der Waals surface area contributed by atoms with Crippen molar-refractivity contribution in [3.63, 3.8) is 0 Å². The molecule has 3 aromatic carbocycles. The minimum Gasteiger partial charge on any atom is -0.491 e. The van der Waals surface area contributed by atoms with Crippen LogP contribution in [0.25, 0.3) is 10.8 Å². The summed E-state index contributed by atoms with van der Waals surface area (Å²) >= 11 is 5.87. The number of nitrogens with zero attached hydrogens (tertiary/aromatic N) is 1. The van der Waals surface area contributed by atoms with Gasteiger partial charge < -0.3 is 10.1 Å². The van der Waals surface area contributed by atoms with Gasteiger partial charge in [0.15, 0.2) is 0 Å². The highest BCUT2D eigenvalue weighted by Gasteiger charge is 2.33. The summed E-state index contributed by atoms with van der Waals surface area (Å²) < 4.78 is 33.1. The number of carbonyl (C=O) groups is 1. The number of benzene rings is 3. The molecule has 1 unspecified atom stereocenters. The summed E-state index contributed by atoms with van der Waals surface area (Å²) in [6, 6.07) is 19.9. The number of hydrogen-bond acceptors (Lipinski definition) is 4. The van der Waals surface area contributed by atoms with Crippen molar-refractivity contribution in [2.75, 3.05) is 26.2 Å². The molecule has 1 aliphatic rings. The molecular formula is C24H25ClN2O4S.